The van der Waals surface area contributed by atoms with Crippen molar-refractivity contribution in [2.45, 2.75) is 59.2 Å². The number of nitrogens with zero attached hydrogens (tertiary/aromatic N) is 4. The second-order valence-electron chi connectivity index (χ2n) is 8.36. The van der Waals surface area contributed by atoms with E-state index in [0.717, 1.165) is 19.9 Å². The first kappa shape index (κ1) is 23.5. The molecule has 2 aromatic rings. The van der Waals surface area contributed by atoms with Crippen LogP contribution in [-0.4, -0.2) is 55.5 Å². The molecule has 34 heavy (non-hydrogen) atoms. The third-order valence-corrected chi connectivity index (χ3v) is 6.63. The monoisotopic (exact) mass is 468 g/mol. The van der Waals surface area contributed by atoms with Crippen molar-refractivity contribution in [3.63, 3.8) is 0 Å². The molecule has 1 unspecified atom stereocenters. The molecule has 1 fully saturated rings. The Bertz CT molecular complexity index is 1280. The molecule has 3 heterocycles. The molecule has 4 rings (SSSR count). The average molecular weight is 469 g/mol. The summed E-state index contributed by atoms with van der Waals surface area (Å²) in [6.07, 6.45) is 0. The van der Waals surface area contributed by atoms with Crippen LogP contribution in [0.4, 0.5) is 4.79 Å². The number of rotatable bonds is 5. The number of aromatic nitrogens is 2. The van der Waals surface area contributed by atoms with E-state index in [-0.39, 0.29) is 37.6 Å². The molecule has 0 N–H and O–H groups in total. The van der Waals surface area contributed by atoms with Crippen molar-refractivity contribution in [2.75, 3.05) is 13.1 Å². The molecular weight excluding hydrogens is 440 g/mol. The number of ether oxygens (including phenoxy) is 1. The zero-order valence-electron chi connectivity index (χ0n) is 20.0. The molecule has 0 bridgehead atoms. The summed E-state index contributed by atoms with van der Waals surface area (Å²) in [4.78, 5) is 69.2. The van der Waals surface area contributed by atoms with E-state index >= 15 is 0 Å². The standard InChI is InChI=1S/C24H28N4O6/c1-6-25-18(29)16-17(15-12-10-14(5)11-13-15)24(34-19(16)26(7-2)22(25)32)20(30)27(8-3)23(33)28(9-4)21(24)31/h10-13,17H,6-9H2,1-5H3. The molecule has 2 aliphatic heterocycles. The molecule has 2 aliphatic rings. The quantitative estimate of drug-likeness (QED) is 0.615. The molecule has 10 heteroatoms. The van der Waals surface area contributed by atoms with Gasteiger partial charge in [-0.3, -0.25) is 33.3 Å². The first-order valence-electron chi connectivity index (χ1n) is 11.5. The molecule has 1 aromatic heterocycles. The smallest absolute Gasteiger partial charge is 0.333 e. The number of aryl methyl sites for hydroxylation is 1. The minimum atomic E-state index is -2.22. The topological polar surface area (TPSA) is 111 Å². The Morgan fingerprint density at radius 1 is 0.794 bits per heavy atom. The fraction of sp³-hybridized carbons (Fsp3) is 0.458. The zero-order valence-corrected chi connectivity index (χ0v) is 20.0. The van der Waals surface area contributed by atoms with Gasteiger partial charge in [0.15, 0.2) is 0 Å². The predicted molar refractivity (Wildman–Crippen MR) is 123 cm³/mol. The van der Waals surface area contributed by atoms with Crippen LogP contribution in [0.25, 0.3) is 0 Å². The molecule has 1 atom stereocenters. The number of hydrogen-bond acceptors (Lipinski definition) is 6. The number of carbonyl (C=O) groups excluding carboxylic acids is 3. The van der Waals surface area contributed by atoms with Gasteiger partial charge in [-0.05, 0) is 40.2 Å². The summed E-state index contributed by atoms with van der Waals surface area (Å²) in [6.45, 7) is 8.85. The van der Waals surface area contributed by atoms with Crippen LogP contribution in [0.1, 0.15) is 50.3 Å². The number of hydrogen-bond donors (Lipinski definition) is 0. The van der Waals surface area contributed by atoms with Crippen molar-refractivity contribution >= 4 is 17.8 Å². The second-order valence-corrected chi connectivity index (χ2v) is 8.36. The van der Waals surface area contributed by atoms with E-state index < -0.39 is 40.6 Å². The largest absolute Gasteiger partial charge is 0.450 e. The van der Waals surface area contributed by atoms with Gasteiger partial charge in [-0.1, -0.05) is 29.8 Å². The van der Waals surface area contributed by atoms with Gasteiger partial charge in [-0.2, -0.15) is 0 Å². The molecule has 1 aromatic carbocycles. The summed E-state index contributed by atoms with van der Waals surface area (Å²) < 4.78 is 8.50. The number of carbonyl (C=O) groups is 3. The van der Waals surface area contributed by atoms with E-state index in [1.54, 1.807) is 39.8 Å². The maximum Gasteiger partial charge on any atom is 0.333 e. The van der Waals surface area contributed by atoms with E-state index in [1.165, 1.54) is 4.57 Å². The Morgan fingerprint density at radius 3 is 1.79 bits per heavy atom. The zero-order chi connectivity index (χ0) is 24.9. The lowest BCUT2D eigenvalue weighted by atomic mass is 9.76. The van der Waals surface area contributed by atoms with Gasteiger partial charge >= 0.3 is 11.7 Å². The SMILES string of the molecule is CCN1C(=O)N(CC)C(=O)C2(Oc3c(c(=O)n(CC)c(=O)n3CC)C2c2ccc(C)cc2)C1=O. The normalized spacial score (nSPS) is 19.1. The van der Waals surface area contributed by atoms with Crippen molar-refractivity contribution in [2.24, 2.45) is 0 Å². The fourth-order valence-electron chi connectivity index (χ4n) is 4.90. The number of fused-ring (bicyclic) bond motifs is 1. The van der Waals surface area contributed by atoms with Gasteiger partial charge in [0.2, 0.25) is 5.88 Å². The van der Waals surface area contributed by atoms with Gasteiger partial charge in [0.1, 0.15) is 0 Å². The highest BCUT2D eigenvalue weighted by molar-refractivity contribution is 6.23. The molecule has 180 valence electrons. The number of amides is 4. The van der Waals surface area contributed by atoms with Crippen LogP contribution in [0.5, 0.6) is 5.88 Å². The highest BCUT2D eigenvalue weighted by Gasteiger charge is 2.68. The maximum absolute atomic E-state index is 13.9. The first-order valence-corrected chi connectivity index (χ1v) is 11.5. The number of imide groups is 2. The number of urea groups is 1. The molecule has 0 saturated carbocycles. The van der Waals surface area contributed by atoms with Crippen LogP contribution in [-0.2, 0) is 22.7 Å². The lowest BCUT2D eigenvalue weighted by Gasteiger charge is -2.43. The van der Waals surface area contributed by atoms with Crippen LogP contribution in [0.3, 0.4) is 0 Å². The third-order valence-electron chi connectivity index (χ3n) is 6.63. The van der Waals surface area contributed by atoms with E-state index in [4.69, 9.17) is 4.74 Å². The lowest BCUT2D eigenvalue weighted by Crippen LogP contribution is -2.71. The molecule has 10 nitrogen and oxygen atoms in total. The van der Waals surface area contributed by atoms with Gasteiger partial charge in [0.25, 0.3) is 23.0 Å². The summed E-state index contributed by atoms with van der Waals surface area (Å²) in [5.41, 5.74) is -1.89. The molecule has 4 amide bonds. The van der Waals surface area contributed by atoms with Crippen LogP contribution in [0.2, 0.25) is 0 Å². The van der Waals surface area contributed by atoms with Crippen molar-refractivity contribution in [3.8, 4) is 5.88 Å². The molecule has 0 aliphatic carbocycles. The highest BCUT2D eigenvalue weighted by atomic mass is 16.5. The minimum Gasteiger partial charge on any atom is -0.450 e. The number of barbiturate groups is 1. The Morgan fingerprint density at radius 2 is 1.32 bits per heavy atom. The van der Waals surface area contributed by atoms with Gasteiger partial charge in [-0.15, -0.1) is 0 Å². The number of benzene rings is 1. The van der Waals surface area contributed by atoms with Gasteiger partial charge in [-0.25, -0.2) is 9.59 Å². The molecule has 1 spiro atoms. The first-order chi connectivity index (χ1) is 16.2. The van der Waals surface area contributed by atoms with Crippen molar-refractivity contribution in [1.82, 2.24) is 18.9 Å². The maximum atomic E-state index is 13.9. The fourth-order valence-corrected chi connectivity index (χ4v) is 4.90. The van der Waals surface area contributed by atoms with Gasteiger partial charge < -0.3 is 4.74 Å². The Labute approximate surface area is 196 Å². The van der Waals surface area contributed by atoms with Gasteiger partial charge in [0, 0.05) is 26.2 Å². The summed E-state index contributed by atoms with van der Waals surface area (Å²) in [7, 11) is 0. The van der Waals surface area contributed by atoms with E-state index in [1.807, 2.05) is 19.1 Å². The van der Waals surface area contributed by atoms with E-state index in [2.05, 4.69) is 0 Å². The average Bonchev–Trinajstić information content (AvgIpc) is 3.17. The van der Waals surface area contributed by atoms with Crippen LogP contribution < -0.4 is 16.0 Å². The van der Waals surface area contributed by atoms with Crippen molar-refractivity contribution in [1.29, 1.82) is 0 Å². The van der Waals surface area contributed by atoms with E-state index in [9.17, 15) is 24.0 Å². The summed E-state index contributed by atoms with van der Waals surface area (Å²) in [5.74, 6) is -2.91. The highest BCUT2D eigenvalue weighted by Crippen LogP contribution is 2.49. The molecule has 0 radical (unpaired) electrons. The lowest BCUT2D eigenvalue weighted by molar-refractivity contribution is -0.165. The Kier molecular flexibility index (Phi) is 5.71. The number of likely N-dealkylation sites (N-methyl/N-ethyl adjacent to an activating group) is 2. The van der Waals surface area contributed by atoms with Crippen LogP contribution in [0.15, 0.2) is 33.9 Å². The second kappa shape index (κ2) is 8.27. The summed E-state index contributed by atoms with van der Waals surface area (Å²) >= 11 is 0. The predicted octanol–water partition coefficient (Wildman–Crippen LogP) is 1.45. The van der Waals surface area contributed by atoms with Crippen molar-refractivity contribution in [3.05, 3.63) is 61.8 Å². The Balaban J connectivity index is 2.13. The summed E-state index contributed by atoms with van der Waals surface area (Å²) in [5, 5.41) is 0. The van der Waals surface area contributed by atoms with Gasteiger partial charge in [0.05, 0.1) is 11.5 Å². The minimum absolute atomic E-state index is 0.0172. The summed E-state index contributed by atoms with van der Waals surface area (Å²) in [6, 6.07) is 6.37. The van der Waals surface area contributed by atoms with E-state index in [0.29, 0.717) is 5.56 Å². The van der Waals surface area contributed by atoms with Crippen LogP contribution >= 0.6 is 0 Å². The molecule has 1 saturated heterocycles. The van der Waals surface area contributed by atoms with Crippen LogP contribution in [0, 0.1) is 6.92 Å². The Hall–Kier alpha value is -3.69. The molecular formula is C24H28N4O6. The third kappa shape index (κ3) is 2.90. The van der Waals surface area contributed by atoms with Crippen molar-refractivity contribution < 1.29 is 19.1 Å².